The maximum atomic E-state index is 11.6. The van der Waals surface area contributed by atoms with Gasteiger partial charge in [0.05, 0.1) is 0 Å². The van der Waals surface area contributed by atoms with Crippen LogP contribution >= 0.6 is 0 Å². The van der Waals surface area contributed by atoms with Crippen molar-refractivity contribution < 1.29 is 19.2 Å². The topological polar surface area (TPSA) is 60.0 Å². The van der Waals surface area contributed by atoms with Crippen LogP contribution in [-0.2, 0) is 4.74 Å². The molecule has 0 radical (unpaired) electrons. The highest BCUT2D eigenvalue weighted by molar-refractivity contribution is 5.68. The summed E-state index contributed by atoms with van der Waals surface area (Å²) in [6.45, 7) is 7.76. The van der Waals surface area contributed by atoms with Gasteiger partial charge in [-0.3, -0.25) is 0 Å². The van der Waals surface area contributed by atoms with Crippen molar-refractivity contribution in [2.24, 2.45) is 0 Å². The van der Waals surface area contributed by atoms with E-state index in [1.807, 2.05) is 45.0 Å². The van der Waals surface area contributed by atoms with Crippen molar-refractivity contribution in [1.82, 2.24) is 10.5 Å². The SMILES string of the molecule is C[C@@H](CN1Oc2ccccc2O1)OC(=O)NC(C)(C)C. The number of benzene rings is 1. The Hall–Kier alpha value is -1.95. The summed E-state index contributed by atoms with van der Waals surface area (Å²) >= 11 is 0. The second-order valence-corrected chi connectivity index (χ2v) is 5.74. The summed E-state index contributed by atoms with van der Waals surface area (Å²) in [6.07, 6.45) is -0.826. The molecule has 6 nitrogen and oxygen atoms in total. The van der Waals surface area contributed by atoms with Crippen LogP contribution in [0.25, 0.3) is 0 Å². The average molecular weight is 280 g/mol. The molecule has 1 heterocycles. The van der Waals surface area contributed by atoms with Crippen LogP contribution in [0.15, 0.2) is 24.3 Å². The second-order valence-electron chi connectivity index (χ2n) is 5.74. The Bertz CT molecular complexity index is 459. The Labute approximate surface area is 118 Å². The van der Waals surface area contributed by atoms with Gasteiger partial charge in [0.25, 0.3) is 0 Å². The predicted molar refractivity (Wildman–Crippen MR) is 73.2 cm³/mol. The number of nitrogens with zero attached hydrogens (tertiary/aromatic N) is 1. The summed E-state index contributed by atoms with van der Waals surface area (Å²) < 4.78 is 5.24. The molecule has 0 saturated carbocycles. The summed E-state index contributed by atoms with van der Waals surface area (Å²) in [5.74, 6) is 1.30. The number of alkyl carbamates (subject to hydrolysis) is 1. The molecular formula is C14H20N2O4. The second kappa shape index (κ2) is 5.58. The lowest BCUT2D eigenvalue weighted by atomic mass is 10.1. The third-order valence-electron chi connectivity index (χ3n) is 2.44. The first-order chi connectivity index (χ1) is 9.33. The summed E-state index contributed by atoms with van der Waals surface area (Å²) in [6, 6.07) is 7.35. The normalized spacial score (nSPS) is 15.8. The lowest BCUT2D eigenvalue weighted by Crippen LogP contribution is -2.44. The number of amides is 1. The smallest absolute Gasteiger partial charge is 0.407 e. The van der Waals surface area contributed by atoms with Crippen molar-refractivity contribution in [2.75, 3.05) is 6.54 Å². The lowest BCUT2D eigenvalue weighted by molar-refractivity contribution is -0.236. The number of para-hydroxylation sites is 2. The van der Waals surface area contributed by atoms with Crippen molar-refractivity contribution in [3.8, 4) is 11.5 Å². The van der Waals surface area contributed by atoms with Gasteiger partial charge < -0.3 is 19.7 Å². The molecule has 0 aromatic heterocycles. The Morgan fingerprint density at radius 2 is 1.85 bits per heavy atom. The number of ether oxygens (including phenoxy) is 1. The van der Waals surface area contributed by atoms with Crippen molar-refractivity contribution in [3.05, 3.63) is 24.3 Å². The Morgan fingerprint density at radius 1 is 1.30 bits per heavy atom. The van der Waals surface area contributed by atoms with Crippen LogP contribution in [0.3, 0.4) is 0 Å². The molecule has 1 aromatic carbocycles. The van der Waals surface area contributed by atoms with E-state index in [1.165, 1.54) is 5.23 Å². The van der Waals surface area contributed by atoms with Gasteiger partial charge in [0, 0.05) is 10.8 Å². The summed E-state index contributed by atoms with van der Waals surface area (Å²) in [7, 11) is 0. The van der Waals surface area contributed by atoms with Crippen molar-refractivity contribution in [1.29, 1.82) is 0 Å². The molecule has 6 heteroatoms. The van der Waals surface area contributed by atoms with Crippen LogP contribution in [0, 0.1) is 0 Å². The Morgan fingerprint density at radius 3 is 2.35 bits per heavy atom. The fraction of sp³-hybridized carbons (Fsp3) is 0.500. The van der Waals surface area contributed by atoms with Crippen LogP contribution in [0.1, 0.15) is 27.7 Å². The van der Waals surface area contributed by atoms with E-state index in [0.29, 0.717) is 18.0 Å². The molecule has 1 amide bonds. The van der Waals surface area contributed by atoms with Crippen LogP contribution in [0.2, 0.25) is 0 Å². The van der Waals surface area contributed by atoms with Crippen molar-refractivity contribution >= 4 is 6.09 Å². The molecule has 1 aliphatic rings. The molecule has 0 spiro atoms. The molecule has 1 atom stereocenters. The first kappa shape index (κ1) is 14.5. The van der Waals surface area contributed by atoms with Gasteiger partial charge in [-0.1, -0.05) is 12.1 Å². The van der Waals surface area contributed by atoms with Gasteiger partial charge in [-0.25, -0.2) is 4.79 Å². The predicted octanol–water partition coefficient (Wildman–Crippen LogP) is 2.50. The van der Waals surface area contributed by atoms with Gasteiger partial charge in [-0.15, -0.1) is 0 Å². The van der Waals surface area contributed by atoms with E-state index < -0.39 is 6.09 Å². The van der Waals surface area contributed by atoms with Gasteiger partial charge in [0.15, 0.2) is 11.5 Å². The molecule has 20 heavy (non-hydrogen) atoms. The fourth-order valence-corrected chi connectivity index (χ4v) is 1.68. The molecule has 0 saturated heterocycles. The molecule has 2 rings (SSSR count). The zero-order valence-corrected chi connectivity index (χ0v) is 12.2. The van der Waals surface area contributed by atoms with Gasteiger partial charge in [-0.2, -0.15) is 0 Å². The van der Waals surface area contributed by atoms with Crippen LogP contribution in [0.4, 0.5) is 4.79 Å². The molecule has 1 aliphatic heterocycles. The molecule has 0 fully saturated rings. The number of hydrogen-bond acceptors (Lipinski definition) is 5. The van der Waals surface area contributed by atoms with Gasteiger partial charge >= 0.3 is 6.09 Å². The molecular weight excluding hydrogens is 260 g/mol. The standard InChI is InChI=1S/C14H20N2O4/c1-10(18-13(17)15-14(2,3)4)9-16-19-11-7-5-6-8-12(11)20-16/h5-8,10H,9H2,1-4H3,(H,15,17)/t10-/m0/s1. The van der Waals surface area contributed by atoms with E-state index in [9.17, 15) is 4.79 Å². The maximum absolute atomic E-state index is 11.6. The van der Waals surface area contributed by atoms with Crippen molar-refractivity contribution in [3.63, 3.8) is 0 Å². The highest BCUT2D eigenvalue weighted by atomic mass is 17.0. The molecule has 1 aromatic rings. The van der Waals surface area contributed by atoms with Crippen molar-refractivity contribution in [2.45, 2.75) is 39.3 Å². The Kier molecular flexibility index (Phi) is 4.04. The quantitative estimate of drug-likeness (QED) is 0.921. The first-order valence-electron chi connectivity index (χ1n) is 6.55. The zero-order chi connectivity index (χ0) is 14.8. The summed E-state index contributed by atoms with van der Waals surface area (Å²) in [4.78, 5) is 22.5. The van der Waals surface area contributed by atoms with E-state index in [4.69, 9.17) is 14.4 Å². The molecule has 0 bridgehead atoms. The summed E-state index contributed by atoms with van der Waals surface area (Å²) in [5, 5.41) is 4.04. The first-order valence-corrected chi connectivity index (χ1v) is 6.55. The van der Waals surface area contributed by atoms with Gasteiger partial charge in [0.1, 0.15) is 12.6 Å². The number of carbonyl (C=O) groups is 1. The molecule has 0 unspecified atom stereocenters. The van der Waals surface area contributed by atoms with E-state index in [-0.39, 0.29) is 11.6 Å². The fourth-order valence-electron chi connectivity index (χ4n) is 1.68. The number of hydrogen-bond donors (Lipinski definition) is 1. The third kappa shape index (κ3) is 4.03. The Balaban J connectivity index is 1.79. The largest absolute Gasteiger partial charge is 0.445 e. The number of hydroxylamine groups is 2. The van der Waals surface area contributed by atoms with Gasteiger partial charge in [-0.05, 0) is 39.8 Å². The zero-order valence-electron chi connectivity index (χ0n) is 12.2. The average Bonchev–Trinajstić information content (AvgIpc) is 2.67. The highest BCUT2D eigenvalue weighted by Gasteiger charge is 2.26. The van der Waals surface area contributed by atoms with E-state index in [0.717, 1.165) is 0 Å². The van der Waals surface area contributed by atoms with E-state index in [2.05, 4.69) is 5.32 Å². The van der Waals surface area contributed by atoms with Crippen LogP contribution in [-0.4, -0.2) is 29.5 Å². The van der Waals surface area contributed by atoms with E-state index >= 15 is 0 Å². The molecule has 110 valence electrons. The minimum absolute atomic E-state index is 0.312. The minimum Gasteiger partial charge on any atom is -0.445 e. The third-order valence-corrected chi connectivity index (χ3v) is 2.44. The van der Waals surface area contributed by atoms with Crippen LogP contribution < -0.4 is 15.0 Å². The summed E-state index contributed by atoms with van der Waals surface area (Å²) in [5.41, 5.74) is -0.326. The highest BCUT2D eigenvalue weighted by Crippen LogP contribution is 2.33. The number of carbonyl (C=O) groups excluding carboxylic acids is 1. The number of rotatable bonds is 3. The number of fused-ring (bicyclic) bond motifs is 1. The monoisotopic (exact) mass is 280 g/mol. The maximum Gasteiger partial charge on any atom is 0.407 e. The molecule has 0 aliphatic carbocycles. The van der Waals surface area contributed by atoms with Gasteiger partial charge in [0.2, 0.25) is 0 Å². The van der Waals surface area contributed by atoms with Crippen LogP contribution in [0.5, 0.6) is 11.5 Å². The number of nitrogens with one attached hydrogen (secondary N) is 1. The van der Waals surface area contributed by atoms with E-state index in [1.54, 1.807) is 6.92 Å². The minimum atomic E-state index is -0.457. The molecule has 1 N–H and O–H groups in total. The lowest BCUT2D eigenvalue weighted by Gasteiger charge is -2.23.